The van der Waals surface area contributed by atoms with Crippen molar-refractivity contribution in [3.63, 3.8) is 0 Å². The summed E-state index contributed by atoms with van der Waals surface area (Å²) in [5.74, 6) is -3.85. The molecule has 0 saturated carbocycles. The van der Waals surface area contributed by atoms with E-state index < -0.39 is 65.7 Å². The van der Waals surface area contributed by atoms with E-state index in [1.54, 1.807) is 72.1 Å². The van der Waals surface area contributed by atoms with Crippen LogP contribution < -0.4 is 10.6 Å². The summed E-state index contributed by atoms with van der Waals surface area (Å²) >= 11 is 0. The molecule has 1 aliphatic rings. The highest BCUT2D eigenvalue weighted by Gasteiger charge is 2.37. The number of carbonyl (C=O) groups is 5. The van der Waals surface area contributed by atoms with Gasteiger partial charge < -0.3 is 34.7 Å². The summed E-state index contributed by atoms with van der Waals surface area (Å²) in [5.41, 5.74) is -1.41. The highest BCUT2D eigenvalue weighted by atomic mass is 16.6. The van der Waals surface area contributed by atoms with Gasteiger partial charge in [0.2, 0.25) is 5.91 Å². The number of amides is 1. The van der Waals surface area contributed by atoms with Crippen molar-refractivity contribution in [1.82, 2.24) is 25.3 Å². The van der Waals surface area contributed by atoms with Gasteiger partial charge in [-0.25, -0.2) is 0 Å². The largest absolute Gasteiger partial charge is 0.460 e. The topological polar surface area (TPSA) is 176 Å². The van der Waals surface area contributed by atoms with Crippen molar-refractivity contribution in [3.8, 4) is 0 Å². The van der Waals surface area contributed by atoms with Crippen LogP contribution >= 0.6 is 0 Å². The number of hydrogen-bond acceptors (Lipinski definition) is 14. The number of ether oxygens (including phenoxy) is 4. The third kappa shape index (κ3) is 19.9. The van der Waals surface area contributed by atoms with Gasteiger partial charge in [-0.05, 0) is 67.9 Å². The Hall–Kier alpha value is -3.63. The van der Waals surface area contributed by atoms with Crippen molar-refractivity contribution in [2.75, 3.05) is 78.6 Å². The van der Waals surface area contributed by atoms with E-state index in [0.29, 0.717) is 26.2 Å². The van der Waals surface area contributed by atoms with E-state index in [4.69, 9.17) is 18.9 Å². The number of aliphatic hydroxyl groups is 1. The van der Waals surface area contributed by atoms with Gasteiger partial charge in [0.05, 0.1) is 32.2 Å². The molecule has 300 valence electrons. The molecular formula is C38H63N5O10. The van der Waals surface area contributed by atoms with Crippen molar-refractivity contribution < 1.29 is 48.0 Å². The van der Waals surface area contributed by atoms with Crippen LogP contribution in [0.1, 0.15) is 67.9 Å². The number of carbonyl (C=O) groups excluding carboxylic acids is 5. The average molecular weight is 750 g/mol. The molecule has 1 aromatic carbocycles. The Labute approximate surface area is 315 Å². The summed E-state index contributed by atoms with van der Waals surface area (Å²) in [7, 11) is 0. The van der Waals surface area contributed by atoms with E-state index in [9.17, 15) is 29.1 Å². The Morgan fingerprint density at radius 1 is 0.736 bits per heavy atom. The van der Waals surface area contributed by atoms with Crippen LogP contribution in [0.4, 0.5) is 0 Å². The highest BCUT2D eigenvalue weighted by molar-refractivity contribution is 5.84. The first-order chi connectivity index (χ1) is 24.6. The van der Waals surface area contributed by atoms with Crippen LogP contribution in [0.15, 0.2) is 30.3 Å². The third-order valence-electron chi connectivity index (χ3n) is 7.77. The van der Waals surface area contributed by atoms with Crippen molar-refractivity contribution in [2.45, 2.75) is 91.8 Å². The molecule has 1 aromatic rings. The summed E-state index contributed by atoms with van der Waals surface area (Å²) in [6.45, 7) is 16.9. The molecule has 0 radical (unpaired) electrons. The molecule has 1 amide bonds. The molecule has 2 rings (SSSR count). The van der Waals surface area contributed by atoms with Crippen molar-refractivity contribution in [1.29, 1.82) is 0 Å². The number of benzene rings is 1. The summed E-state index contributed by atoms with van der Waals surface area (Å²) in [5, 5.41) is 16.7. The van der Waals surface area contributed by atoms with Crippen LogP contribution in [0.5, 0.6) is 0 Å². The second kappa shape index (κ2) is 21.3. The zero-order chi connectivity index (χ0) is 39.8. The molecule has 53 heavy (non-hydrogen) atoms. The maximum atomic E-state index is 13.8. The fourth-order valence-electron chi connectivity index (χ4n) is 5.61. The number of aliphatic hydroxyl groups excluding tert-OH is 1. The Bertz CT molecular complexity index is 1320. The van der Waals surface area contributed by atoms with E-state index in [2.05, 4.69) is 10.6 Å². The molecule has 15 heteroatoms. The molecule has 1 saturated heterocycles. The third-order valence-corrected chi connectivity index (χ3v) is 7.77. The highest BCUT2D eigenvalue weighted by Crippen LogP contribution is 2.18. The lowest BCUT2D eigenvalue weighted by molar-refractivity contribution is -0.160. The number of esters is 4. The Morgan fingerprint density at radius 2 is 1.25 bits per heavy atom. The number of nitrogens with one attached hydrogen (secondary N) is 2. The zero-order valence-corrected chi connectivity index (χ0v) is 33.2. The molecule has 2 atom stereocenters. The lowest BCUT2D eigenvalue weighted by Crippen LogP contribution is -2.58. The number of nitrogens with zero attached hydrogens (tertiary/aromatic N) is 3. The zero-order valence-electron chi connectivity index (χ0n) is 33.2. The summed E-state index contributed by atoms with van der Waals surface area (Å²) in [6.07, 6.45) is 0. The van der Waals surface area contributed by atoms with E-state index in [1.807, 2.05) is 35.2 Å². The van der Waals surface area contributed by atoms with Crippen LogP contribution in [0.3, 0.4) is 0 Å². The van der Waals surface area contributed by atoms with Gasteiger partial charge in [-0.3, -0.25) is 38.7 Å². The summed E-state index contributed by atoms with van der Waals surface area (Å²) in [6, 6.07) is 8.28. The minimum absolute atomic E-state index is 0.0233. The molecule has 1 heterocycles. The molecule has 3 N–H and O–H groups in total. The van der Waals surface area contributed by atoms with Gasteiger partial charge in [-0.1, -0.05) is 30.3 Å². The van der Waals surface area contributed by atoms with Gasteiger partial charge in [-0.15, -0.1) is 0 Å². The van der Waals surface area contributed by atoms with E-state index >= 15 is 0 Å². The first-order valence-corrected chi connectivity index (χ1v) is 18.3. The summed E-state index contributed by atoms with van der Waals surface area (Å²) in [4.78, 5) is 71.1. The molecule has 15 nitrogen and oxygen atoms in total. The number of hydrogen-bond donors (Lipinski definition) is 3. The van der Waals surface area contributed by atoms with Gasteiger partial charge in [0.1, 0.15) is 30.0 Å². The monoisotopic (exact) mass is 749 g/mol. The SMILES string of the molecule is CC(C)(C)OC(=O)CN1CCNCCN(CC(=O)OC(C)(C)C)C(C(CO)C(=O)NCC(=O)OCc2ccccc2)CN(CC(=O)OC(C)(C)C)CC1. The smallest absolute Gasteiger partial charge is 0.325 e. The number of rotatable bonds is 13. The maximum Gasteiger partial charge on any atom is 0.325 e. The van der Waals surface area contributed by atoms with Crippen LogP contribution in [0.25, 0.3) is 0 Å². The molecule has 0 spiro atoms. The van der Waals surface area contributed by atoms with Crippen LogP contribution in [0, 0.1) is 5.92 Å². The Morgan fingerprint density at radius 3 is 1.79 bits per heavy atom. The van der Waals surface area contributed by atoms with Gasteiger partial charge in [0.15, 0.2) is 0 Å². The fourth-order valence-corrected chi connectivity index (χ4v) is 5.61. The second-order valence-electron chi connectivity index (χ2n) is 16.2. The van der Waals surface area contributed by atoms with Crippen molar-refractivity contribution in [3.05, 3.63) is 35.9 Å². The first-order valence-electron chi connectivity index (χ1n) is 18.3. The van der Waals surface area contributed by atoms with E-state index in [1.165, 1.54) is 0 Å². The van der Waals surface area contributed by atoms with E-state index in [0.717, 1.165) is 5.56 Å². The van der Waals surface area contributed by atoms with Crippen molar-refractivity contribution >= 4 is 29.8 Å². The Balaban J connectivity index is 2.42. The first kappa shape index (κ1) is 45.5. The van der Waals surface area contributed by atoms with Gasteiger partial charge >= 0.3 is 23.9 Å². The van der Waals surface area contributed by atoms with E-state index in [-0.39, 0.29) is 51.8 Å². The second-order valence-corrected chi connectivity index (χ2v) is 16.2. The predicted molar refractivity (Wildman–Crippen MR) is 198 cm³/mol. The average Bonchev–Trinajstić information content (AvgIpc) is 3.01. The molecule has 0 aliphatic carbocycles. The Kier molecular flexibility index (Phi) is 18.3. The van der Waals surface area contributed by atoms with Gasteiger partial charge in [0, 0.05) is 51.9 Å². The molecule has 1 fully saturated rings. The predicted octanol–water partition coefficient (Wildman–Crippen LogP) is 1.36. The maximum absolute atomic E-state index is 13.8. The lowest BCUT2D eigenvalue weighted by atomic mass is 9.96. The quantitative estimate of drug-likeness (QED) is 0.195. The fraction of sp³-hybridized carbons (Fsp3) is 0.711. The van der Waals surface area contributed by atoms with Gasteiger partial charge in [0.25, 0.3) is 0 Å². The lowest BCUT2D eigenvalue weighted by Gasteiger charge is -2.39. The molecular weight excluding hydrogens is 686 g/mol. The minimum atomic E-state index is -1.14. The van der Waals surface area contributed by atoms with Crippen LogP contribution in [0.2, 0.25) is 0 Å². The molecule has 1 aliphatic heterocycles. The molecule has 0 bridgehead atoms. The summed E-state index contributed by atoms with van der Waals surface area (Å²) < 4.78 is 22.2. The molecule has 2 unspecified atom stereocenters. The van der Waals surface area contributed by atoms with Crippen molar-refractivity contribution in [2.24, 2.45) is 5.92 Å². The van der Waals surface area contributed by atoms with Crippen LogP contribution in [-0.2, 0) is 49.5 Å². The standard InChI is InChI=1S/C38H63N5O10/c1-36(2,3)51-32(46)23-41-17-15-39-16-18-43(25-34(48)53-38(7,8)9)30(22-42(20-19-41)24-33(47)52-37(4,5)6)29(26-44)35(49)40-21-31(45)50-27-28-13-11-10-12-14-28/h10-14,29-30,39,44H,15-27H2,1-9H3,(H,40,49). The van der Waals surface area contributed by atoms with Gasteiger partial charge in [-0.2, -0.15) is 0 Å². The molecule has 0 aromatic heterocycles. The minimum Gasteiger partial charge on any atom is -0.460 e. The normalized spacial score (nSPS) is 18.1. The van der Waals surface area contributed by atoms with Crippen LogP contribution in [-0.4, -0.2) is 151 Å².